The van der Waals surface area contributed by atoms with Crippen molar-refractivity contribution in [1.82, 2.24) is 0 Å². The molecule has 0 amide bonds. The summed E-state index contributed by atoms with van der Waals surface area (Å²) in [6, 6.07) is 4.38. The topological polar surface area (TPSA) is 83.8 Å². The fourth-order valence-electron chi connectivity index (χ4n) is 1.70. The minimum Gasteiger partial charge on any atom is -0.465 e. The van der Waals surface area contributed by atoms with Crippen LogP contribution in [0, 0.1) is 0 Å². The maximum Gasteiger partial charge on any atom is 0.339 e. The van der Waals surface area contributed by atoms with Crippen molar-refractivity contribution in [2.45, 2.75) is 25.6 Å². The molecule has 0 saturated carbocycles. The van der Waals surface area contributed by atoms with E-state index in [-0.39, 0.29) is 22.1 Å². The highest BCUT2D eigenvalue weighted by Gasteiger charge is 2.21. The van der Waals surface area contributed by atoms with Gasteiger partial charge in [0.05, 0.1) is 23.8 Å². The molecule has 0 fully saturated rings. The third-order valence-corrected chi connectivity index (χ3v) is 4.00. The first-order chi connectivity index (χ1) is 9.86. The summed E-state index contributed by atoms with van der Waals surface area (Å²) in [5.74, 6) is -0.207. The number of hydrogen-bond donors (Lipinski definition) is 2. The van der Waals surface area contributed by atoms with E-state index in [0.29, 0.717) is 11.3 Å². The number of ether oxygens (including phenoxy) is 1. The predicted octanol–water partition coefficient (Wildman–Crippen LogP) is 2.19. The molecule has 7 heteroatoms. The van der Waals surface area contributed by atoms with Crippen LogP contribution in [-0.2, 0) is 9.53 Å². The molecule has 0 radical (unpaired) electrons. The monoisotopic (exact) mass is 332 g/mol. The first-order valence-electron chi connectivity index (χ1n) is 6.24. The lowest BCUT2D eigenvalue weighted by atomic mass is 10.0. The molecule has 2 N–H and O–H groups in total. The second kappa shape index (κ2) is 8.38. The zero-order valence-corrected chi connectivity index (χ0v) is 13.3. The van der Waals surface area contributed by atoms with Crippen molar-refractivity contribution >= 4 is 34.4 Å². The van der Waals surface area contributed by atoms with Crippen molar-refractivity contribution in [3.05, 3.63) is 34.3 Å². The number of aliphatic hydroxyl groups is 2. The molecule has 0 aliphatic carbocycles. The second-order valence-corrected chi connectivity index (χ2v) is 6.05. The van der Waals surface area contributed by atoms with Gasteiger partial charge < -0.3 is 14.9 Å². The summed E-state index contributed by atoms with van der Waals surface area (Å²) in [5.41, 5.74) is 0.487. The standard InChI is InChI=1S/C14H17ClO5S/c1-8(16)21-6-5-12(17)13(18)9-3-4-11(15)10(7-9)14(19)20-2/h3-4,7,12-13,17-18H,5-6H2,1-2H3. The SMILES string of the molecule is COC(=O)c1cc(C(O)C(O)CCSC(C)=O)ccc1Cl. The van der Waals surface area contributed by atoms with Crippen LogP contribution >= 0.6 is 23.4 Å². The summed E-state index contributed by atoms with van der Waals surface area (Å²) >= 11 is 6.97. The van der Waals surface area contributed by atoms with Gasteiger partial charge in [-0.2, -0.15) is 0 Å². The first kappa shape index (κ1) is 18.0. The highest BCUT2D eigenvalue weighted by atomic mass is 35.5. The number of hydrogen-bond acceptors (Lipinski definition) is 6. The molecule has 1 rings (SSSR count). The normalized spacial score (nSPS) is 13.6. The number of thioether (sulfide) groups is 1. The van der Waals surface area contributed by atoms with Gasteiger partial charge in [-0.25, -0.2) is 4.79 Å². The first-order valence-corrected chi connectivity index (χ1v) is 7.60. The van der Waals surface area contributed by atoms with Gasteiger partial charge in [-0.3, -0.25) is 4.79 Å². The number of esters is 1. The van der Waals surface area contributed by atoms with Gasteiger partial charge in [-0.1, -0.05) is 29.4 Å². The fourth-order valence-corrected chi connectivity index (χ4v) is 2.54. The maximum absolute atomic E-state index is 11.5. The highest BCUT2D eigenvalue weighted by Crippen LogP contribution is 2.25. The highest BCUT2D eigenvalue weighted by molar-refractivity contribution is 8.13. The Hall–Kier alpha value is -1.08. The van der Waals surface area contributed by atoms with Gasteiger partial charge >= 0.3 is 5.97 Å². The van der Waals surface area contributed by atoms with Crippen LogP contribution in [0.15, 0.2) is 18.2 Å². The molecule has 0 aliphatic heterocycles. The van der Waals surface area contributed by atoms with Gasteiger partial charge in [0.15, 0.2) is 5.12 Å². The van der Waals surface area contributed by atoms with Crippen molar-refractivity contribution in [2.75, 3.05) is 12.9 Å². The van der Waals surface area contributed by atoms with Gasteiger partial charge in [0.1, 0.15) is 6.10 Å². The predicted molar refractivity (Wildman–Crippen MR) is 81.5 cm³/mol. The molecule has 5 nitrogen and oxygen atoms in total. The quantitative estimate of drug-likeness (QED) is 0.777. The number of methoxy groups -OCH3 is 1. The van der Waals surface area contributed by atoms with Crippen LogP contribution in [0.25, 0.3) is 0 Å². The van der Waals surface area contributed by atoms with Crippen molar-refractivity contribution in [1.29, 1.82) is 0 Å². The van der Waals surface area contributed by atoms with E-state index in [9.17, 15) is 19.8 Å². The average Bonchev–Trinajstić information content (AvgIpc) is 2.45. The minimum absolute atomic E-state index is 0.0452. The molecule has 0 aliphatic rings. The van der Waals surface area contributed by atoms with Crippen LogP contribution in [0.2, 0.25) is 5.02 Å². The molecule has 21 heavy (non-hydrogen) atoms. The van der Waals surface area contributed by atoms with Gasteiger partial charge in [-0.15, -0.1) is 0 Å². The zero-order chi connectivity index (χ0) is 16.0. The van der Waals surface area contributed by atoms with Crippen molar-refractivity contribution < 1.29 is 24.5 Å². The maximum atomic E-state index is 11.5. The van der Waals surface area contributed by atoms with E-state index in [2.05, 4.69) is 4.74 Å². The van der Waals surface area contributed by atoms with E-state index in [4.69, 9.17) is 11.6 Å². The summed E-state index contributed by atoms with van der Waals surface area (Å²) < 4.78 is 4.60. The third-order valence-electron chi connectivity index (χ3n) is 2.82. The molecule has 0 heterocycles. The smallest absolute Gasteiger partial charge is 0.339 e. The molecule has 0 saturated heterocycles. The molecule has 0 aromatic heterocycles. The molecular weight excluding hydrogens is 316 g/mol. The molecular formula is C14H17ClO5S. The molecule has 2 atom stereocenters. The molecule has 0 bridgehead atoms. The number of aliphatic hydroxyl groups excluding tert-OH is 2. The van der Waals surface area contributed by atoms with Gasteiger partial charge in [-0.05, 0) is 24.1 Å². The Morgan fingerprint density at radius 3 is 2.62 bits per heavy atom. The van der Waals surface area contributed by atoms with Crippen LogP contribution in [0.3, 0.4) is 0 Å². The van der Waals surface area contributed by atoms with Gasteiger partial charge in [0, 0.05) is 12.7 Å². The molecule has 116 valence electrons. The lowest BCUT2D eigenvalue weighted by Gasteiger charge is -2.18. The van der Waals surface area contributed by atoms with E-state index in [1.807, 2.05) is 0 Å². The van der Waals surface area contributed by atoms with E-state index in [1.165, 1.54) is 32.2 Å². The largest absolute Gasteiger partial charge is 0.465 e. The number of benzene rings is 1. The van der Waals surface area contributed by atoms with Crippen molar-refractivity contribution in [3.63, 3.8) is 0 Å². The fraction of sp³-hybridized carbons (Fsp3) is 0.429. The van der Waals surface area contributed by atoms with Crippen molar-refractivity contribution in [2.24, 2.45) is 0 Å². The molecule has 2 unspecified atom stereocenters. The van der Waals surface area contributed by atoms with Crippen LogP contribution < -0.4 is 0 Å². The van der Waals surface area contributed by atoms with E-state index in [1.54, 1.807) is 0 Å². The minimum atomic E-state index is -1.17. The zero-order valence-electron chi connectivity index (χ0n) is 11.7. The summed E-state index contributed by atoms with van der Waals surface area (Å²) in [5, 5.41) is 20.2. The Morgan fingerprint density at radius 1 is 1.38 bits per heavy atom. The van der Waals surface area contributed by atoms with Crippen molar-refractivity contribution in [3.8, 4) is 0 Å². The molecule has 1 aromatic carbocycles. The summed E-state index contributed by atoms with van der Waals surface area (Å²) in [7, 11) is 1.23. The summed E-state index contributed by atoms with van der Waals surface area (Å²) in [4.78, 5) is 22.3. The van der Waals surface area contributed by atoms with E-state index >= 15 is 0 Å². The Balaban J connectivity index is 2.79. The van der Waals surface area contributed by atoms with Crippen LogP contribution in [0.4, 0.5) is 0 Å². The lowest BCUT2D eigenvalue weighted by molar-refractivity contribution is -0.109. The Morgan fingerprint density at radius 2 is 2.05 bits per heavy atom. The van der Waals surface area contributed by atoms with Gasteiger partial charge in [0.2, 0.25) is 0 Å². The van der Waals surface area contributed by atoms with Gasteiger partial charge in [0.25, 0.3) is 0 Å². The number of carbonyl (C=O) groups excluding carboxylic acids is 2. The Bertz CT molecular complexity index is 520. The summed E-state index contributed by atoms with van der Waals surface area (Å²) in [6.45, 7) is 1.44. The molecule has 0 spiro atoms. The average molecular weight is 333 g/mol. The summed E-state index contributed by atoms with van der Waals surface area (Å²) in [6.07, 6.45) is -1.96. The Kier molecular flexibility index (Phi) is 7.17. The molecule has 1 aromatic rings. The number of carbonyl (C=O) groups is 2. The van der Waals surface area contributed by atoms with E-state index in [0.717, 1.165) is 11.8 Å². The number of halogens is 1. The van der Waals surface area contributed by atoms with Crippen LogP contribution in [-0.4, -0.2) is 40.3 Å². The third kappa shape index (κ3) is 5.32. The number of rotatable bonds is 6. The van der Waals surface area contributed by atoms with Crippen LogP contribution in [0.5, 0.6) is 0 Å². The lowest BCUT2D eigenvalue weighted by Crippen LogP contribution is -2.19. The second-order valence-electron chi connectivity index (χ2n) is 4.37. The Labute approximate surface area is 132 Å². The van der Waals surface area contributed by atoms with E-state index < -0.39 is 18.2 Å². The van der Waals surface area contributed by atoms with Crippen LogP contribution in [0.1, 0.15) is 35.4 Å².